The molecule has 0 radical (unpaired) electrons. The van der Waals surface area contributed by atoms with Gasteiger partial charge in [-0.3, -0.25) is 14.6 Å². The highest BCUT2D eigenvalue weighted by atomic mass is 35.5. The van der Waals surface area contributed by atoms with Crippen molar-refractivity contribution in [1.29, 1.82) is 10.5 Å². The van der Waals surface area contributed by atoms with Crippen LogP contribution in [0.1, 0.15) is 50.6 Å². The molecule has 312 valence electrons. The zero-order chi connectivity index (χ0) is 43.4. The fourth-order valence-electron chi connectivity index (χ4n) is 7.20. The molecule has 0 saturated carbocycles. The van der Waals surface area contributed by atoms with Crippen LogP contribution in [0.2, 0.25) is 5.02 Å². The highest BCUT2D eigenvalue weighted by Crippen LogP contribution is 2.43. The third-order valence-corrected chi connectivity index (χ3v) is 10.2. The fraction of sp³-hybridized carbons (Fsp3) is 0.395. The molecule has 0 aliphatic carbocycles. The van der Waals surface area contributed by atoms with Crippen LogP contribution in [0.25, 0.3) is 43.8 Å². The predicted molar refractivity (Wildman–Crippen MR) is 199 cm³/mol. The molecular weight excluding hydrogens is 817 g/mol. The molecule has 5 aromatic rings. The number of rotatable bonds is 6. The van der Waals surface area contributed by atoms with Crippen molar-refractivity contribution in [3.63, 3.8) is 0 Å². The van der Waals surface area contributed by atoms with Gasteiger partial charge in [-0.2, -0.15) is 42.0 Å². The second-order valence-corrected chi connectivity index (χ2v) is 14.1. The van der Waals surface area contributed by atoms with Crippen molar-refractivity contribution in [1.82, 2.24) is 30.0 Å². The molecule has 2 aliphatic heterocycles. The number of likely N-dealkylation sites (N-methyl/N-ethyl adjacent to an activating group) is 1. The van der Waals surface area contributed by atoms with Crippen molar-refractivity contribution >= 4 is 56.1 Å². The molecule has 5 heterocycles. The molecule has 2 saturated heterocycles. The smallest absolute Gasteiger partial charge is 0.475 e. The molecule has 3 aromatic heterocycles. The maximum Gasteiger partial charge on any atom is 0.490 e. The maximum absolute atomic E-state index is 17.0. The number of piperidine rings is 1. The summed E-state index contributed by atoms with van der Waals surface area (Å²) in [4.78, 5) is 29.4. The van der Waals surface area contributed by atoms with Crippen LogP contribution in [0.3, 0.4) is 0 Å². The van der Waals surface area contributed by atoms with E-state index >= 15 is 4.39 Å². The van der Waals surface area contributed by atoms with Gasteiger partial charge in [0.05, 0.1) is 63.5 Å². The molecular formula is C38H34ClF7N8O5. The minimum absolute atomic E-state index is 0.0154. The quantitative estimate of drug-likeness (QED) is 0.141. The number of nitrogens with zero attached hydrogens (tertiary/aromatic N) is 7. The van der Waals surface area contributed by atoms with Gasteiger partial charge in [0.25, 0.3) is 0 Å². The minimum atomic E-state index is -5.08. The number of alkyl halides is 6. The Morgan fingerprint density at radius 3 is 2.36 bits per heavy atom. The molecule has 4 atom stereocenters. The monoisotopic (exact) mass is 850 g/mol. The van der Waals surface area contributed by atoms with E-state index in [0.717, 1.165) is 37.7 Å². The maximum atomic E-state index is 17.0. The Morgan fingerprint density at radius 2 is 1.76 bits per heavy atom. The van der Waals surface area contributed by atoms with Crippen LogP contribution in [0.15, 0.2) is 42.7 Å². The zero-order valence-corrected chi connectivity index (χ0v) is 31.8. The predicted octanol–water partition coefficient (Wildman–Crippen LogP) is 7.80. The van der Waals surface area contributed by atoms with E-state index in [2.05, 4.69) is 34.4 Å². The summed E-state index contributed by atoms with van der Waals surface area (Å²) in [5.74, 6) is -5.84. The number of carboxylic acid groups (broad SMARTS) is 2. The number of likely N-dealkylation sites (tertiary alicyclic amines) is 1. The van der Waals surface area contributed by atoms with Crippen molar-refractivity contribution < 1.29 is 55.3 Å². The molecule has 7 rings (SSSR count). The summed E-state index contributed by atoms with van der Waals surface area (Å²) in [5.41, 5.74) is 1.54. The topological polar surface area (TPSA) is 190 Å². The van der Waals surface area contributed by atoms with Crippen LogP contribution in [0.5, 0.6) is 5.88 Å². The van der Waals surface area contributed by atoms with E-state index in [-0.39, 0.29) is 46.0 Å². The molecule has 2 fully saturated rings. The first-order valence-electron chi connectivity index (χ1n) is 17.8. The number of nitrogens with one attached hydrogen (secondary N) is 1. The van der Waals surface area contributed by atoms with Crippen molar-refractivity contribution in [3.05, 3.63) is 59.1 Å². The van der Waals surface area contributed by atoms with E-state index in [1.165, 1.54) is 0 Å². The number of fused-ring (bicyclic) bond motifs is 4. The standard InChI is InChI=1S/C34H32ClFN8O.2C2HF3O2/c1-19(27-7-4-14-43(27)2)45-34-25-18-41-44(23-10-13-39-22(15-23)8-11-37)33(25)24-16-26(35)29(30(36)31(24)42-34)32-28-20(9-12-40-32)5-3-6-21(28)17-38;2*3-2(4,5)1(6)7/h3,5-6,9,12,16,18-19,22-23,27,39H,4,7-8,10,13-15H2,1-2H3;2*(H,6,7)/t19-,22+,23-,27-;;/m0../s1. The van der Waals surface area contributed by atoms with E-state index < -0.39 is 30.1 Å². The van der Waals surface area contributed by atoms with Crippen LogP contribution in [0, 0.1) is 28.5 Å². The van der Waals surface area contributed by atoms with Gasteiger partial charge in [0.15, 0.2) is 5.82 Å². The van der Waals surface area contributed by atoms with Crippen molar-refractivity contribution in [2.24, 2.45) is 0 Å². The largest absolute Gasteiger partial charge is 0.490 e. The van der Waals surface area contributed by atoms with Gasteiger partial charge in [-0.05, 0) is 76.3 Å². The lowest BCUT2D eigenvalue weighted by Crippen LogP contribution is -2.38. The minimum Gasteiger partial charge on any atom is -0.475 e. The zero-order valence-electron chi connectivity index (χ0n) is 31.1. The first-order chi connectivity index (χ1) is 27.8. The Labute approximate surface area is 335 Å². The highest BCUT2D eigenvalue weighted by Gasteiger charge is 2.39. The number of aromatic nitrogens is 4. The van der Waals surface area contributed by atoms with E-state index in [4.69, 9.17) is 46.2 Å². The second kappa shape index (κ2) is 18.0. The highest BCUT2D eigenvalue weighted by molar-refractivity contribution is 6.35. The molecule has 21 heteroatoms. The average Bonchev–Trinajstić information content (AvgIpc) is 3.82. The second-order valence-electron chi connectivity index (χ2n) is 13.7. The van der Waals surface area contributed by atoms with Crippen LogP contribution in [-0.4, -0.2) is 97.5 Å². The lowest BCUT2D eigenvalue weighted by molar-refractivity contribution is -0.193. The number of ether oxygens (including phenoxy) is 1. The van der Waals surface area contributed by atoms with Crippen LogP contribution in [0.4, 0.5) is 30.7 Å². The number of carbonyl (C=O) groups is 2. The Hall–Kier alpha value is -5.83. The third kappa shape index (κ3) is 9.73. The van der Waals surface area contributed by atoms with E-state index in [9.17, 15) is 36.9 Å². The van der Waals surface area contributed by atoms with Gasteiger partial charge in [0, 0.05) is 29.1 Å². The molecule has 0 amide bonds. The van der Waals surface area contributed by atoms with Gasteiger partial charge < -0.3 is 20.3 Å². The Morgan fingerprint density at radius 1 is 1.08 bits per heavy atom. The molecule has 0 unspecified atom stereocenters. The molecule has 2 aliphatic rings. The van der Waals surface area contributed by atoms with E-state index in [1.54, 1.807) is 36.7 Å². The number of hydrogen-bond acceptors (Lipinski definition) is 10. The number of benzene rings is 2. The van der Waals surface area contributed by atoms with Gasteiger partial charge in [-0.1, -0.05) is 23.7 Å². The normalized spacial score (nSPS) is 18.9. The Bertz CT molecular complexity index is 2440. The van der Waals surface area contributed by atoms with Gasteiger partial charge in [0.2, 0.25) is 5.88 Å². The lowest BCUT2D eigenvalue weighted by atomic mass is 9.96. The van der Waals surface area contributed by atoms with Gasteiger partial charge in [0.1, 0.15) is 11.6 Å². The summed E-state index contributed by atoms with van der Waals surface area (Å²) < 4.78 is 89.0. The lowest BCUT2D eigenvalue weighted by Gasteiger charge is -2.30. The third-order valence-electron chi connectivity index (χ3n) is 9.89. The number of aliphatic carboxylic acids is 2. The van der Waals surface area contributed by atoms with E-state index in [0.29, 0.717) is 46.0 Å². The number of hydrogen-bond donors (Lipinski definition) is 3. The van der Waals surface area contributed by atoms with Crippen molar-refractivity contribution in [2.75, 3.05) is 20.1 Å². The summed E-state index contributed by atoms with van der Waals surface area (Å²) >= 11 is 6.93. The number of pyridine rings is 2. The fourth-order valence-corrected chi connectivity index (χ4v) is 7.48. The first kappa shape index (κ1) is 44.3. The number of nitriles is 2. The van der Waals surface area contributed by atoms with E-state index in [1.807, 2.05) is 17.7 Å². The Balaban J connectivity index is 0.000000407. The van der Waals surface area contributed by atoms with Crippen LogP contribution in [-0.2, 0) is 9.59 Å². The molecule has 2 aromatic carbocycles. The first-order valence-corrected chi connectivity index (χ1v) is 18.2. The summed E-state index contributed by atoms with van der Waals surface area (Å²) in [6.45, 7) is 3.76. The average molecular weight is 851 g/mol. The molecule has 3 N–H and O–H groups in total. The summed E-state index contributed by atoms with van der Waals surface area (Å²) in [7, 11) is 2.09. The Kier molecular flexibility index (Phi) is 13.5. The van der Waals surface area contributed by atoms with Crippen molar-refractivity contribution in [3.8, 4) is 29.3 Å². The van der Waals surface area contributed by atoms with Crippen molar-refractivity contribution in [2.45, 2.75) is 75.6 Å². The number of carboxylic acids is 2. The molecule has 0 spiro atoms. The van der Waals surface area contributed by atoms with Crippen LogP contribution < -0.4 is 10.1 Å². The summed E-state index contributed by atoms with van der Waals surface area (Å²) in [5, 5.41) is 44.3. The summed E-state index contributed by atoms with van der Waals surface area (Å²) in [6, 6.07) is 13.6. The molecule has 13 nitrogen and oxygen atoms in total. The SMILES string of the molecule is C[C@H](Oc1nc2c(F)c(-c3nccc4cccc(C#N)c34)c(Cl)cc2c2c1cnn2[C@H]1CCN[C@H](CC#N)C1)[C@@H]1CCCN1C.O=C(O)C(F)(F)F.O=C(O)C(F)(F)F. The number of halogens is 8. The molecule has 59 heavy (non-hydrogen) atoms. The van der Waals surface area contributed by atoms with Gasteiger partial charge in [-0.15, -0.1) is 0 Å². The van der Waals surface area contributed by atoms with Gasteiger partial charge in [-0.25, -0.2) is 19.0 Å². The molecule has 0 bridgehead atoms. The van der Waals surface area contributed by atoms with Crippen LogP contribution >= 0.6 is 11.6 Å². The van der Waals surface area contributed by atoms with Gasteiger partial charge >= 0.3 is 24.3 Å². The summed E-state index contributed by atoms with van der Waals surface area (Å²) in [6.07, 6.45) is -3.03.